The molecule has 0 aromatic rings. The first kappa shape index (κ1) is 15.7. The number of carbonyl (C=O) groups excluding carboxylic acids is 1. The minimum atomic E-state index is -1.24. The van der Waals surface area contributed by atoms with E-state index in [1.165, 1.54) is 0 Å². The minimum Gasteiger partial charge on any atom is -0.480 e. The molecule has 0 aromatic carbocycles. The minimum absolute atomic E-state index is 0.425. The molecule has 19 heavy (non-hydrogen) atoms. The van der Waals surface area contributed by atoms with E-state index in [0.717, 1.165) is 19.6 Å². The van der Waals surface area contributed by atoms with E-state index >= 15 is 0 Å². The topological polar surface area (TPSA) is 93.1 Å². The molecule has 7 heteroatoms. The first-order valence-electron chi connectivity index (χ1n) is 6.55. The summed E-state index contributed by atoms with van der Waals surface area (Å²) in [4.78, 5) is 26.4. The lowest BCUT2D eigenvalue weighted by atomic mass is 10.2. The van der Waals surface area contributed by atoms with Crippen LogP contribution >= 0.6 is 0 Å². The van der Waals surface area contributed by atoms with Crippen molar-refractivity contribution in [2.75, 3.05) is 39.3 Å². The van der Waals surface area contributed by atoms with E-state index in [0.29, 0.717) is 19.0 Å². The SMILES string of the molecule is CC(C)CN1CCN(C(=O)N[C@H](CO)C(=O)O)CC1. The summed E-state index contributed by atoms with van der Waals surface area (Å²) in [6, 6.07) is -1.66. The quantitative estimate of drug-likeness (QED) is 0.623. The number of aliphatic hydroxyl groups is 1. The molecule has 1 aliphatic heterocycles. The number of nitrogens with zero attached hydrogens (tertiary/aromatic N) is 2. The highest BCUT2D eigenvalue weighted by atomic mass is 16.4. The molecule has 1 atom stereocenters. The van der Waals surface area contributed by atoms with Crippen LogP contribution in [-0.4, -0.2) is 77.4 Å². The second kappa shape index (κ2) is 7.30. The van der Waals surface area contributed by atoms with E-state index in [2.05, 4.69) is 24.1 Å². The molecule has 0 aromatic heterocycles. The lowest BCUT2D eigenvalue weighted by Gasteiger charge is -2.35. The van der Waals surface area contributed by atoms with Gasteiger partial charge >= 0.3 is 12.0 Å². The molecular weight excluding hydrogens is 250 g/mol. The third-order valence-corrected chi connectivity index (χ3v) is 3.06. The van der Waals surface area contributed by atoms with Crippen LogP contribution in [0.3, 0.4) is 0 Å². The van der Waals surface area contributed by atoms with Gasteiger partial charge in [0.1, 0.15) is 0 Å². The Kier molecular flexibility index (Phi) is 6.04. The van der Waals surface area contributed by atoms with E-state index in [1.807, 2.05) is 0 Å². The van der Waals surface area contributed by atoms with E-state index in [-0.39, 0.29) is 0 Å². The van der Waals surface area contributed by atoms with E-state index < -0.39 is 24.6 Å². The van der Waals surface area contributed by atoms with Gasteiger partial charge in [0, 0.05) is 32.7 Å². The zero-order chi connectivity index (χ0) is 14.4. The van der Waals surface area contributed by atoms with Gasteiger partial charge in [-0.2, -0.15) is 0 Å². The van der Waals surface area contributed by atoms with Crippen LogP contribution in [0.25, 0.3) is 0 Å². The monoisotopic (exact) mass is 273 g/mol. The van der Waals surface area contributed by atoms with E-state index in [4.69, 9.17) is 10.2 Å². The number of hydrogen-bond acceptors (Lipinski definition) is 4. The summed E-state index contributed by atoms with van der Waals surface area (Å²) in [6.45, 7) is 7.45. The maximum Gasteiger partial charge on any atom is 0.328 e. The van der Waals surface area contributed by atoms with Crippen molar-refractivity contribution in [2.24, 2.45) is 5.92 Å². The van der Waals surface area contributed by atoms with E-state index in [1.54, 1.807) is 4.90 Å². The van der Waals surface area contributed by atoms with Crippen LogP contribution in [0.1, 0.15) is 13.8 Å². The zero-order valence-electron chi connectivity index (χ0n) is 11.5. The molecule has 3 N–H and O–H groups in total. The van der Waals surface area contributed by atoms with Crippen molar-refractivity contribution in [1.29, 1.82) is 0 Å². The van der Waals surface area contributed by atoms with Crippen LogP contribution in [0.5, 0.6) is 0 Å². The molecule has 110 valence electrons. The number of nitrogens with one attached hydrogen (secondary N) is 1. The van der Waals surface area contributed by atoms with Crippen LogP contribution in [0.2, 0.25) is 0 Å². The van der Waals surface area contributed by atoms with Crippen LogP contribution in [-0.2, 0) is 4.79 Å². The Balaban J connectivity index is 2.38. The zero-order valence-corrected chi connectivity index (χ0v) is 11.5. The van der Waals surface area contributed by atoms with Crippen molar-refractivity contribution >= 4 is 12.0 Å². The maximum absolute atomic E-state index is 11.8. The maximum atomic E-state index is 11.8. The van der Waals surface area contributed by atoms with Gasteiger partial charge in [-0.25, -0.2) is 9.59 Å². The normalized spacial score (nSPS) is 18.4. The smallest absolute Gasteiger partial charge is 0.328 e. The third kappa shape index (κ3) is 5.04. The fourth-order valence-electron chi connectivity index (χ4n) is 2.08. The molecule has 7 nitrogen and oxygen atoms in total. The average molecular weight is 273 g/mol. The first-order chi connectivity index (χ1) is 8.93. The van der Waals surface area contributed by atoms with Crippen molar-refractivity contribution in [3.05, 3.63) is 0 Å². The number of aliphatic carboxylic acids is 1. The fraction of sp³-hybridized carbons (Fsp3) is 0.833. The number of aliphatic hydroxyl groups excluding tert-OH is 1. The summed E-state index contributed by atoms with van der Waals surface area (Å²) < 4.78 is 0. The van der Waals surface area contributed by atoms with Gasteiger partial charge in [0.05, 0.1) is 6.61 Å². The third-order valence-electron chi connectivity index (χ3n) is 3.06. The molecule has 0 saturated carbocycles. The number of carboxylic acid groups (broad SMARTS) is 1. The van der Waals surface area contributed by atoms with Crippen molar-refractivity contribution in [3.63, 3.8) is 0 Å². The Hall–Kier alpha value is -1.34. The van der Waals surface area contributed by atoms with Crippen LogP contribution in [0.15, 0.2) is 0 Å². The summed E-state index contributed by atoms with van der Waals surface area (Å²) in [5.41, 5.74) is 0. The molecule has 0 radical (unpaired) electrons. The van der Waals surface area contributed by atoms with Gasteiger partial charge in [-0.05, 0) is 5.92 Å². The van der Waals surface area contributed by atoms with Gasteiger partial charge in [-0.15, -0.1) is 0 Å². The second-order valence-electron chi connectivity index (χ2n) is 5.20. The predicted octanol–water partition coefficient (Wildman–Crippen LogP) is -0.585. The van der Waals surface area contributed by atoms with Crippen molar-refractivity contribution in [3.8, 4) is 0 Å². The molecule has 1 heterocycles. The molecule has 0 unspecified atom stereocenters. The van der Waals surface area contributed by atoms with Crippen molar-refractivity contribution < 1.29 is 19.8 Å². The lowest BCUT2D eigenvalue weighted by Crippen LogP contribution is -2.55. The highest BCUT2D eigenvalue weighted by molar-refractivity contribution is 5.82. The van der Waals surface area contributed by atoms with Crippen molar-refractivity contribution in [2.45, 2.75) is 19.9 Å². The van der Waals surface area contributed by atoms with E-state index in [9.17, 15) is 9.59 Å². The summed E-state index contributed by atoms with van der Waals surface area (Å²) >= 11 is 0. The molecule has 2 amide bonds. The largest absolute Gasteiger partial charge is 0.480 e. The Labute approximate surface area is 113 Å². The summed E-state index contributed by atoms with van der Waals surface area (Å²) in [7, 11) is 0. The van der Waals surface area contributed by atoms with Crippen LogP contribution in [0.4, 0.5) is 4.79 Å². The highest BCUT2D eigenvalue weighted by Gasteiger charge is 2.25. The Morgan fingerprint density at radius 3 is 2.21 bits per heavy atom. The summed E-state index contributed by atoms with van der Waals surface area (Å²) in [5.74, 6) is -0.638. The molecular formula is C12H23N3O4. The average Bonchev–Trinajstić information content (AvgIpc) is 2.35. The van der Waals surface area contributed by atoms with Gasteiger partial charge in [0.2, 0.25) is 0 Å². The molecule has 1 fully saturated rings. The predicted molar refractivity (Wildman–Crippen MR) is 69.9 cm³/mol. The number of carbonyl (C=O) groups is 2. The number of rotatable bonds is 5. The Morgan fingerprint density at radius 1 is 1.21 bits per heavy atom. The van der Waals surface area contributed by atoms with Gasteiger partial charge < -0.3 is 20.4 Å². The standard InChI is InChI=1S/C12H23N3O4/c1-9(2)7-14-3-5-15(6-4-14)12(19)13-10(8-16)11(17)18/h9-10,16H,3-8H2,1-2H3,(H,13,19)(H,17,18)/t10-/m1/s1. The molecule has 1 saturated heterocycles. The highest BCUT2D eigenvalue weighted by Crippen LogP contribution is 2.05. The molecule has 1 aliphatic rings. The molecule has 0 bridgehead atoms. The van der Waals surface area contributed by atoms with Crippen LogP contribution < -0.4 is 5.32 Å². The fourth-order valence-corrected chi connectivity index (χ4v) is 2.08. The summed E-state index contributed by atoms with van der Waals surface area (Å²) in [5, 5.41) is 19.9. The Bertz CT molecular complexity index is 314. The molecule has 0 aliphatic carbocycles. The lowest BCUT2D eigenvalue weighted by molar-refractivity contribution is -0.140. The summed E-state index contributed by atoms with van der Waals surface area (Å²) in [6.07, 6.45) is 0. The molecule has 0 spiro atoms. The van der Waals surface area contributed by atoms with Gasteiger partial charge in [0.15, 0.2) is 6.04 Å². The van der Waals surface area contributed by atoms with Gasteiger partial charge in [0.25, 0.3) is 0 Å². The number of carboxylic acids is 1. The second-order valence-corrected chi connectivity index (χ2v) is 5.20. The number of hydrogen-bond donors (Lipinski definition) is 3. The van der Waals surface area contributed by atoms with Crippen LogP contribution in [0, 0.1) is 5.92 Å². The Morgan fingerprint density at radius 2 is 1.79 bits per heavy atom. The number of urea groups is 1. The number of piperazine rings is 1. The van der Waals surface area contributed by atoms with Crippen molar-refractivity contribution in [1.82, 2.24) is 15.1 Å². The van der Waals surface area contributed by atoms with Gasteiger partial charge in [-0.1, -0.05) is 13.8 Å². The first-order valence-corrected chi connectivity index (χ1v) is 6.55. The van der Waals surface area contributed by atoms with Gasteiger partial charge in [-0.3, -0.25) is 4.90 Å². The molecule has 1 rings (SSSR count). The number of amides is 2.